The maximum atomic E-state index is 12.4. The summed E-state index contributed by atoms with van der Waals surface area (Å²) < 4.78 is 21.4. The highest BCUT2D eigenvalue weighted by Crippen LogP contribution is 2.40. The molecule has 3 aromatic carbocycles. The van der Waals surface area contributed by atoms with Gasteiger partial charge in [-0.15, -0.1) is 0 Å². The van der Waals surface area contributed by atoms with Crippen LogP contribution in [0.1, 0.15) is 10.4 Å². The van der Waals surface area contributed by atoms with Crippen LogP contribution in [0.15, 0.2) is 54.6 Å². The number of esters is 1. The highest BCUT2D eigenvalue weighted by Gasteiger charge is 2.22. The van der Waals surface area contributed by atoms with Crippen LogP contribution in [0.3, 0.4) is 0 Å². The van der Waals surface area contributed by atoms with Crippen LogP contribution < -0.4 is 19.5 Å². The van der Waals surface area contributed by atoms with Crippen molar-refractivity contribution in [2.75, 3.05) is 32.2 Å². The van der Waals surface area contributed by atoms with Gasteiger partial charge in [0.25, 0.3) is 5.91 Å². The summed E-state index contributed by atoms with van der Waals surface area (Å²) in [6.07, 6.45) is 0. The zero-order chi connectivity index (χ0) is 20.2. The van der Waals surface area contributed by atoms with Gasteiger partial charge in [0.2, 0.25) is 5.75 Å². The Labute approximate surface area is 167 Å². The van der Waals surface area contributed by atoms with Crippen molar-refractivity contribution < 1.29 is 28.5 Å². The van der Waals surface area contributed by atoms with Crippen LogP contribution in [0.2, 0.25) is 0 Å². The lowest BCUT2D eigenvalue weighted by atomic mass is 10.1. The number of hydrogen-bond acceptors (Lipinski definition) is 6. The number of carbonyl (C=O) groups is 2. The van der Waals surface area contributed by atoms with Gasteiger partial charge in [0.05, 0.1) is 12.7 Å². The molecule has 0 radical (unpaired) electrons. The summed E-state index contributed by atoms with van der Waals surface area (Å²) in [5, 5.41) is 4.81. The third-order valence-electron chi connectivity index (χ3n) is 4.43. The summed E-state index contributed by atoms with van der Waals surface area (Å²) in [6, 6.07) is 16.4. The number of anilines is 1. The second-order valence-electron chi connectivity index (χ2n) is 6.39. The summed E-state index contributed by atoms with van der Waals surface area (Å²) in [7, 11) is 1.47. The van der Waals surface area contributed by atoms with Gasteiger partial charge < -0.3 is 24.3 Å². The maximum Gasteiger partial charge on any atom is 0.338 e. The van der Waals surface area contributed by atoms with E-state index in [4.69, 9.17) is 18.9 Å². The number of amides is 1. The Morgan fingerprint density at radius 2 is 1.79 bits per heavy atom. The lowest BCUT2D eigenvalue weighted by molar-refractivity contribution is -0.119. The Morgan fingerprint density at radius 1 is 1.00 bits per heavy atom. The molecule has 0 fully saturated rings. The predicted molar refractivity (Wildman–Crippen MR) is 107 cm³/mol. The van der Waals surface area contributed by atoms with E-state index in [-0.39, 0.29) is 5.56 Å². The van der Waals surface area contributed by atoms with Crippen LogP contribution in [0.25, 0.3) is 10.8 Å². The van der Waals surface area contributed by atoms with Crippen molar-refractivity contribution in [3.05, 3.63) is 60.2 Å². The van der Waals surface area contributed by atoms with Gasteiger partial charge in [0.1, 0.15) is 13.2 Å². The third-order valence-corrected chi connectivity index (χ3v) is 4.43. The molecule has 1 N–H and O–H groups in total. The normalized spacial score (nSPS) is 12.3. The van der Waals surface area contributed by atoms with Crippen LogP contribution in [0.5, 0.6) is 17.2 Å². The fraction of sp³-hybridized carbons (Fsp3) is 0.182. The van der Waals surface area contributed by atoms with Crippen molar-refractivity contribution in [2.24, 2.45) is 0 Å². The summed E-state index contributed by atoms with van der Waals surface area (Å²) in [6.45, 7) is 0.368. The van der Waals surface area contributed by atoms with Crippen LogP contribution in [0, 0.1) is 0 Å². The number of methoxy groups -OCH3 is 1. The largest absolute Gasteiger partial charge is 0.493 e. The fourth-order valence-corrected chi connectivity index (χ4v) is 3.07. The van der Waals surface area contributed by atoms with Crippen LogP contribution in [0.4, 0.5) is 5.69 Å². The Kier molecular flexibility index (Phi) is 5.20. The molecule has 1 amide bonds. The zero-order valence-corrected chi connectivity index (χ0v) is 15.8. The van der Waals surface area contributed by atoms with E-state index in [1.54, 1.807) is 6.07 Å². The number of rotatable bonds is 5. The van der Waals surface area contributed by atoms with Crippen molar-refractivity contribution in [2.45, 2.75) is 0 Å². The first-order valence-electron chi connectivity index (χ1n) is 9.07. The Morgan fingerprint density at radius 3 is 2.62 bits per heavy atom. The molecule has 0 aromatic heterocycles. The molecule has 0 spiro atoms. The van der Waals surface area contributed by atoms with E-state index in [2.05, 4.69) is 5.32 Å². The average Bonchev–Trinajstić information content (AvgIpc) is 2.76. The van der Waals surface area contributed by atoms with Gasteiger partial charge in [-0.2, -0.15) is 0 Å². The monoisotopic (exact) mass is 393 g/mol. The second kappa shape index (κ2) is 8.10. The Balaban J connectivity index is 1.40. The molecule has 1 aliphatic rings. The highest BCUT2D eigenvalue weighted by atomic mass is 16.6. The van der Waals surface area contributed by atoms with Crippen LogP contribution in [-0.2, 0) is 9.53 Å². The maximum absolute atomic E-state index is 12.4. The first kappa shape index (κ1) is 18.6. The number of ether oxygens (including phenoxy) is 4. The van der Waals surface area contributed by atoms with Crippen molar-refractivity contribution in [3.63, 3.8) is 0 Å². The first-order valence-corrected chi connectivity index (χ1v) is 9.07. The minimum absolute atomic E-state index is 0.213. The lowest BCUT2D eigenvalue weighted by Gasteiger charge is -2.21. The van der Waals surface area contributed by atoms with Gasteiger partial charge in [0.15, 0.2) is 18.1 Å². The standard InChI is InChI=1S/C22H19NO6/c1-26-18-11-16(12-19-21(18)28-9-8-27-19)22(25)29-13-20(24)23-17-7-6-14-4-2-3-5-15(14)10-17/h2-7,10-12H,8-9,13H2,1H3,(H,23,24). The molecule has 4 rings (SSSR count). The molecule has 0 saturated heterocycles. The zero-order valence-electron chi connectivity index (χ0n) is 15.8. The second-order valence-corrected chi connectivity index (χ2v) is 6.39. The molecule has 29 heavy (non-hydrogen) atoms. The van der Waals surface area contributed by atoms with Gasteiger partial charge in [-0.3, -0.25) is 4.79 Å². The molecule has 0 atom stereocenters. The van der Waals surface area contributed by atoms with Crippen molar-refractivity contribution >= 4 is 28.3 Å². The van der Waals surface area contributed by atoms with Crippen LogP contribution in [-0.4, -0.2) is 38.8 Å². The first-order chi connectivity index (χ1) is 14.1. The molecular weight excluding hydrogens is 374 g/mol. The molecule has 7 nitrogen and oxygen atoms in total. The Hall–Kier alpha value is -3.74. The molecular formula is C22H19NO6. The number of fused-ring (bicyclic) bond motifs is 2. The average molecular weight is 393 g/mol. The van der Waals surface area contributed by atoms with Crippen molar-refractivity contribution in [1.82, 2.24) is 0 Å². The summed E-state index contributed by atoms with van der Waals surface area (Å²) in [5.41, 5.74) is 0.843. The lowest BCUT2D eigenvalue weighted by Crippen LogP contribution is -2.21. The van der Waals surface area contributed by atoms with E-state index in [9.17, 15) is 9.59 Å². The number of carbonyl (C=O) groups excluding carboxylic acids is 2. The molecule has 1 aliphatic heterocycles. The molecule has 0 unspecified atom stereocenters. The minimum Gasteiger partial charge on any atom is -0.493 e. The quantitative estimate of drug-likeness (QED) is 0.669. The van der Waals surface area contributed by atoms with E-state index in [0.717, 1.165) is 10.8 Å². The number of nitrogens with one attached hydrogen (secondary N) is 1. The highest BCUT2D eigenvalue weighted by molar-refractivity contribution is 5.97. The van der Waals surface area contributed by atoms with Crippen LogP contribution >= 0.6 is 0 Å². The van der Waals surface area contributed by atoms with E-state index >= 15 is 0 Å². The van der Waals surface area contributed by atoms with E-state index in [0.29, 0.717) is 36.1 Å². The SMILES string of the molecule is COc1cc(C(=O)OCC(=O)Nc2ccc3ccccc3c2)cc2c1OCCO2. The third kappa shape index (κ3) is 4.08. The van der Waals surface area contributed by atoms with Gasteiger partial charge >= 0.3 is 5.97 Å². The number of benzene rings is 3. The molecule has 3 aromatic rings. The van der Waals surface area contributed by atoms with E-state index in [1.807, 2.05) is 36.4 Å². The van der Waals surface area contributed by atoms with Crippen molar-refractivity contribution in [3.8, 4) is 17.2 Å². The molecule has 0 saturated carbocycles. The summed E-state index contributed by atoms with van der Waals surface area (Å²) in [4.78, 5) is 24.6. The minimum atomic E-state index is -0.658. The van der Waals surface area contributed by atoms with Gasteiger partial charge in [-0.1, -0.05) is 30.3 Å². The van der Waals surface area contributed by atoms with E-state index < -0.39 is 18.5 Å². The molecule has 0 bridgehead atoms. The smallest absolute Gasteiger partial charge is 0.338 e. The van der Waals surface area contributed by atoms with Gasteiger partial charge in [0, 0.05) is 5.69 Å². The van der Waals surface area contributed by atoms with Gasteiger partial charge in [-0.25, -0.2) is 4.79 Å². The predicted octanol–water partition coefficient (Wildman–Crippen LogP) is 3.42. The van der Waals surface area contributed by atoms with Crippen molar-refractivity contribution in [1.29, 1.82) is 0 Å². The number of hydrogen-bond donors (Lipinski definition) is 1. The van der Waals surface area contributed by atoms with Gasteiger partial charge in [-0.05, 0) is 35.0 Å². The summed E-state index contributed by atoms with van der Waals surface area (Å²) >= 11 is 0. The molecule has 7 heteroatoms. The topological polar surface area (TPSA) is 83.1 Å². The fourth-order valence-electron chi connectivity index (χ4n) is 3.07. The van der Waals surface area contributed by atoms with E-state index in [1.165, 1.54) is 19.2 Å². The molecule has 1 heterocycles. The molecule has 148 valence electrons. The molecule has 0 aliphatic carbocycles. The Bertz CT molecular complexity index is 1060. The summed E-state index contributed by atoms with van der Waals surface area (Å²) in [5.74, 6) is 0.134.